The molecule has 3 aromatic rings. The van der Waals surface area contributed by atoms with Gasteiger partial charge in [-0.2, -0.15) is 0 Å². The maximum Gasteiger partial charge on any atom is 0.195 e. The zero-order chi connectivity index (χ0) is 11.1. The number of rotatable bonds is 1. The minimum atomic E-state index is 0.292. The highest BCUT2D eigenvalue weighted by Gasteiger charge is 2.11. The molecule has 16 heavy (non-hydrogen) atoms. The predicted molar refractivity (Wildman–Crippen MR) is 65.8 cm³/mol. The van der Waals surface area contributed by atoms with Gasteiger partial charge in [0, 0.05) is 22.7 Å². The van der Waals surface area contributed by atoms with Crippen molar-refractivity contribution in [3.05, 3.63) is 36.2 Å². The van der Waals surface area contributed by atoms with Gasteiger partial charge in [0.2, 0.25) is 0 Å². The topological polar surface area (TPSA) is 48.9 Å². The first-order valence-electron chi connectivity index (χ1n) is 4.98. The maximum atomic E-state index is 9.56. The summed E-state index contributed by atoms with van der Waals surface area (Å²) in [6, 6.07) is 8.07. The van der Waals surface area contributed by atoms with E-state index in [2.05, 4.69) is 16.0 Å². The van der Waals surface area contributed by atoms with Crippen molar-refractivity contribution >= 4 is 22.2 Å². The fourth-order valence-electron chi connectivity index (χ4n) is 1.75. The number of aryl methyl sites for hydroxylation is 1. The third-order valence-electron chi connectivity index (χ3n) is 2.59. The van der Waals surface area contributed by atoms with Crippen LogP contribution in [0.3, 0.4) is 0 Å². The molecule has 0 unspecified atom stereocenters. The third-order valence-corrected chi connectivity index (χ3v) is 3.59. The summed E-state index contributed by atoms with van der Waals surface area (Å²) in [5.74, 6) is 0. The Labute approximate surface area is 96.4 Å². The lowest BCUT2D eigenvalue weighted by molar-refractivity contribution is 0.485. The van der Waals surface area contributed by atoms with Gasteiger partial charge in [-0.25, -0.2) is 4.98 Å². The van der Waals surface area contributed by atoms with Crippen molar-refractivity contribution in [2.24, 2.45) is 0 Å². The van der Waals surface area contributed by atoms with Crippen LogP contribution in [-0.2, 0) is 0 Å². The van der Waals surface area contributed by atoms with Gasteiger partial charge in [0.15, 0.2) is 5.06 Å². The molecule has 0 atom stereocenters. The number of hydrogen-bond donors (Lipinski definition) is 2. The molecule has 2 heterocycles. The number of para-hydroxylation sites is 1. The molecule has 0 fully saturated rings. The monoisotopic (exact) mass is 230 g/mol. The largest absolute Gasteiger partial charge is 0.498 e. The fraction of sp³-hybridized carbons (Fsp3) is 0.0833. The van der Waals surface area contributed by atoms with E-state index < -0.39 is 0 Å². The quantitative estimate of drug-likeness (QED) is 0.673. The van der Waals surface area contributed by atoms with Crippen LogP contribution in [0.4, 0.5) is 0 Å². The van der Waals surface area contributed by atoms with Gasteiger partial charge in [0.1, 0.15) is 5.01 Å². The number of aromatic nitrogens is 2. The highest BCUT2D eigenvalue weighted by molar-refractivity contribution is 7.16. The molecule has 0 bridgehead atoms. The standard InChI is InChI=1S/C12H10N2OS/c1-7-12(15)16-11(14-7)9-6-13-10-5-3-2-4-8(9)10/h2-6,13,15H,1H3. The van der Waals surface area contributed by atoms with Crippen LogP contribution in [0.25, 0.3) is 21.5 Å². The first-order valence-corrected chi connectivity index (χ1v) is 5.80. The van der Waals surface area contributed by atoms with Crippen LogP contribution in [0.2, 0.25) is 0 Å². The molecule has 0 saturated carbocycles. The van der Waals surface area contributed by atoms with Gasteiger partial charge in [-0.05, 0) is 13.0 Å². The van der Waals surface area contributed by atoms with Crippen molar-refractivity contribution in [1.29, 1.82) is 0 Å². The number of nitrogens with one attached hydrogen (secondary N) is 1. The third kappa shape index (κ3) is 1.31. The van der Waals surface area contributed by atoms with Crippen molar-refractivity contribution in [1.82, 2.24) is 9.97 Å². The Hall–Kier alpha value is -1.81. The van der Waals surface area contributed by atoms with Crippen molar-refractivity contribution in [2.45, 2.75) is 6.92 Å². The number of benzene rings is 1. The van der Waals surface area contributed by atoms with Gasteiger partial charge >= 0.3 is 0 Å². The Morgan fingerprint density at radius 1 is 1.31 bits per heavy atom. The number of aromatic hydroxyl groups is 1. The minimum Gasteiger partial charge on any atom is -0.498 e. The van der Waals surface area contributed by atoms with Crippen LogP contribution in [0.15, 0.2) is 30.5 Å². The maximum absolute atomic E-state index is 9.56. The molecule has 3 nitrogen and oxygen atoms in total. The zero-order valence-electron chi connectivity index (χ0n) is 8.69. The molecule has 3 rings (SSSR count). The van der Waals surface area contributed by atoms with Gasteiger partial charge in [-0.3, -0.25) is 0 Å². The lowest BCUT2D eigenvalue weighted by Gasteiger charge is -1.92. The number of hydrogen-bond acceptors (Lipinski definition) is 3. The van der Waals surface area contributed by atoms with E-state index in [1.165, 1.54) is 11.3 Å². The molecule has 0 aliphatic heterocycles. The average molecular weight is 230 g/mol. The van der Waals surface area contributed by atoms with E-state index in [1.54, 1.807) is 0 Å². The first-order chi connectivity index (χ1) is 7.75. The van der Waals surface area contributed by atoms with Crippen molar-refractivity contribution in [3.8, 4) is 15.6 Å². The SMILES string of the molecule is Cc1nc(-c2c[nH]c3ccccc23)sc1O. The Morgan fingerprint density at radius 3 is 2.88 bits per heavy atom. The summed E-state index contributed by atoms with van der Waals surface area (Å²) in [6.45, 7) is 1.81. The van der Waals surface area contributed by atoms with E-state index in [-0.39, 0.29) is 0 Å². The highest BCUT2D eigenvalue weighted by atomic mass is 32.1. The second-order valence-electron chi connectivity index (χ2n) is 3.66. The molecule has 0 aliphatic carbocycles. The van der Waals surface area contributed by atoms with Crippen LogP contribution in [0.1, 0.15) is 5.69 Å². The lowest BCUT2D eigenvalue weighted by Crippen LogP contribution is -1.74. The van der Waals surface area contributed by atoms with Gasteiger partial charge in [0.25, 0.3) is 0 Å². The van der Waals surface area contributed by atoms with E-state index in [4.69, 9.17) is 0 Å². The number of thiazole rings is 1. The summed E-state index contributed by atoms with van der Waals surface area (Å²) >= 11 is 1.31. The van der Waals surface area contributed by atoms with Crippen LogP contribution in [-0.4, -0.2) is 15.1 Å². The predicted octanol–water partition coefficient (Wildman–Crippen LogP) is 3.31. The highest BCUT2D eigenvalue weighted by Crippen LogP contribution is 2.35. The summed E-state index contributed by atoms with van der Waals surface area (Å²) in [4.78, 5) is 7.55. The summed E-state index contributed by atoms with van der Waals surface area (Å²) in [5, 5.41) is 11.8. The molecule has 1 aromatic carbocycles. The Kier molecular flexibility index (Phi) is 1.97. The molecule has 80 valence electrons. The normalized spacial score (nSPS) is 11.1. The van der Waals surface area contributed by atoms with Crippen LogP contribution in [0.5, 0.6) is 5.06 Å². The Morgan fingerprint density at radius 2 is 2.12 bits per heavy atom. The lowest BCUT2D eigenvalue weighted by atomic mass is 10.2. The fourth-order valence-corrected chi connectivity index (χ4v) is 2.59. The first kappa shape index (κ1) is 9.42. The van der Waals surface area contributed by atoms with Gasteiger partial charge in [-0.1, -0.05) is 29.5 Å². The van der Waals surface area contributed by atoms with E-state index in [9.17, 15) is 5.11 Å². The van der Waals surface area contributed by atoms with Crippen molar-refractivity contribution in [2.75, 3.05) is 0 Å². The van der Waals surface area contributed by atoms with E-state index in [1.807, 2.05) is 31.3 Å². The molecule has 0 saturated heterocycles. The summed E-state index contributed by atoms with van der Waals surface area (Å²) in [5.41, 5.74) is 2.82. The summed E-state index contributed by atoms with van der Waals surface area (Å²) in [7, 11) is 0. The molecule has 0 aliphatic rings. The van der Waals surface area contributed by atoms with Gasteiger partial charge in [-0.15, -0.1) is 0 Å². The molecular weight excluding hydrogens is 220 g/mol. The molecule has 2 aromatic heterocycles. The van der Waals surface area contributed by atoms with E-state index >= 15 is 0 Å². The molecule has 4 heteroatoms. The Balaban J connectivity index is 2.26. The van der Waals surface area contributed by atoms with Gasteiger partial charge < -0.3 is 10.1 Å². The van der Waals surface area contributed by atoms with E-state index in [0.29, 0.717) is 10.8 Å². The second-order valence-corrected chi connectivity index (χ2v) is 4.64. The van der Waals surface area contributed by atoms with Crippen LogP contribution >= 0.6 is 11.3 Å². The Bertz CT molecular complexity index is 634. The van der Waals surface area contributed by atoms with E-state index in [0.717, 1.165) is 21.5 Å². The number of nitrogens with zero attached hydrogens (tertiary/aromatic N) is 1. The molecular formula is C12H10N2OS. The van der Waals surface area contributed by atoms with Crippen LogP contribution < -0.4 is 0 Å². The summed E-state index contributed by atoms with van der Waals surface area (Å²) < 4.78 is 0. The number of aromatic amines is 1. The molecule has 2 N–H and O–H groups in total. The van der Waals surface area contributed by atoms with Crippen molar-refractivity contribution < 1.29 is 5.11 Å². The second kappa shape index (κ2) is 3.35. The molecule has 0 spiro atoms. The number of fused-ring (bicyclic) bond motifs is 1. The smallest absolute Gasteiger partial charge is 0.195 e. The molecule has 0 amide bonds. The number of H-pyrrole nitrogens is 1. The molecule has 0 radical (unpaired) electrons. The average Bonchev–Trinajstić information content (AvgIpc) is 2.83. The zero-order valence-corrected chi connectivity index (χ0v) is 9.51. The van der Waals surface area contributed by atoms with Crippen molar-refractivity contribution in [3.63, 3.8) is 0 Å². The van der Waals surface area contributed by atoms with Gasteiger partial charge in [0.05, 0.1) is 5.69 Å². The minimum absolute atomic E-state index is 0.292. The van der Waals surface area contributed by atoms with Crippen LogP contribution in [0, 0.1) is 6.92 Å². The summed E-state index contributed by atoms with van der Waals surface area (Å²) in [6.07, 6.45) is 1.93.